The molecule has 0 saturated heterocycles. The molecule has 2 aromatic carbocycles. The normalized spacial score (nSPS) is 12.7. The molecular formula is C39H60O6S2. The first-order valence-corrected chi connectivity index (χ1v) is 19.0. The molecule has 0 heterocycles. The van der Waals surface area contributed by atoms with Crippen LogP contribution in [0.25, 0.3) is 0 Å². The predicted molar refractivity (Wildman–Crippen MR) is 199 cm³/mol. The number of thioether (sulfide) groups is 2. The van der Waals surface area contributed by atoms with Gasteiger partial charge in [-0.1, -0.05) is 107 Å². The molecule has 0 aliphatic carbocycles. The predicted octanol–water partition coefficient (Wildman–Crippen LogP) is 9.36. The van der Waals surface area contributed by atoms with E-state index >= 15 is 0 Å². The van der Waals surface area contributed by atoms with Gasteiger partial charge in [-0.25, -0.2) is 0 Å². The second kappa shape index (κ2) is 16.9. The summed E-state index contributed by atoms with van der Waals surface area (Å²) < 4.78 is 10.9. The molecule has 0 radical (unpaired) electrons. The average molecular weight is 689 g/mol. The molecular weight excluding hydrogens is 629 g/mol. The van der Waals surface area contributed by atoms with Crippen molar-refractivity contribution in [3.05, 3.63) is 57.6 Å². The van der Waals surface area contributed by atoms with E-state index in [4.69, 9.17) is 9.47 Å². The summed E-state index contributed by atoms with van der Waals surface area (Å²) in [7, 11) is 0. The molecule has 0 atom stereocenters. The summed E-state index contributed by atoms with van der Waals surface area (Å²) in [4.78, 5) is 24.5. The summed E-state index contributed by atoms with van der Waals surface area (Å²) in [6.07, 6.45) is 2.93. The van der Waals surface area contributed by atoms with Gasteiger partial charge in [0.15, 0.2) is 0 Å². The van der Waals surface area contributed by atoms with Gasteiger partial charge in [0.25, 0.3) is 0 Å². The van der Waals surface area contributed by atoms with Crippen molar-refractivity contribution in [3.8, 4) is 11.5 Å². The van der Waals surface area contributed by atoms with Crippen molar-refractivity contribution in [1.82, 2.24) is 0 Å². The van der Waals surface area contributed by atoms with Crippen LogP contribution in [-0.2, 0) is 53.6 Å². The van der Waals surface area contributed by atoms with Crippen LogP contribution in [0.5, 0.6) is 11.5 Å². The van der Waals surface area contributed by atoms with Gasteiger partial charge in [-0.15, -0.1) is 23.5 Å². The molecule has 0 spiro atoms. The molecule has 0 saturated carbocycles. The van der Waals surface area contributed by atoms with E-state index in [1.807, 2.05) is 0 Å². The fraction of sp³-hybridized carbons (Fsp3) is 0.641. The Balaban J connectivity index is 1.68. The molecule has 0 unspecified atom stereocenters. The molecule has 2 N–H and O–H groups in total. The van der Waals surface area contributed by atoms with E-state index in [9.17, 15) is 19.8 Å². The second-order valence-electron chi connectivity index (χ2n) is 16.5. The first-order valence-electron chi connectivity index (χ1n) is 16.7. The zero-order valence-electron chi connectivity index (χ0n) is 31.0. The summed E-state index contributed by atoms with van der Waals surface area (Å²) in [6, 6.07) is 8.30. The molecule has 2 aromatic rings. The van der Waals surface area contributed by atoms with Crippen molar-refractivity contribution in [2.75, 3.05) is 29.8 Å². The quantitative estimate of drug-likeness (QED) is 0.115. The molecule has 6 nitrogen and oxygen atoms in total. The minimum atomic E-state index is -0.256. The number of aryl methyl sites for hydroxylation is 2. The summed E-state index contributed by atoms with van der Waals surface area (Å²) in [5.41, 5.74) is 5.30. The van der Waals surface area contributed by atoms with Gasteiger partial charge >= 0.3 is 11.9 Å². The third kappa shape index (κ3) is 13.2. The SMILES string of the molecule is CC(C)(C)c1cc(CCCOC(=O)CSCSCC(=O)OCCCc2cc(C(C)(C)C)c(O)c(C(C)(C)C)c2)cc(C(C)(C)C)c1O. The highest BCUT2D eigenvalue weighted by Crippen LogP contribution is 2.41. The number of hydrogen-bond donors (Lipinski definition) is 2. The number of hydrogen-bond acceptors (Lipinski definition) is 8. The Bertz CT molecular complexity index is 1180. The molecule has 0 bridgehead atoms. The molecule has 8 heteroatoms. The lowest BCUT2D eigenvalue weighted by Gasteiger charge is -2.28. The van der Waals surface area contributed by atoms with Crippen LogP contribution in [0, 0.1) is 0 Å². The standard InChI is InChI=1S/C39H60O6S2/c1-36(2,3)28-19-26(20-29(34(28)42)37(4,5)6)15-13-17-44-32(40)23-46-25-47-24-33(41)45-18-14-16-27-21-30(38(7,8)9)35(43)31(22-27)39(10,11)12/h19-22,42-43H,13-18,23-25H2,1-12H3. The van der Waals surface area contributed by atoms with Crippen molar-refractivity contribution in [2.45, 2.75) is 130 Å². The number of phenolic OH excluding ortho intramolecular Hbond substituents is 2. The molecule has 0 amide bonds. The topological polar surface area (TPSA) is 93.1 Å². The largest absolute Gasteiger partial charge is 0.507 e. The Labute approximate surface area is 293 Å². The van der Waals surface area contributed by atoms with E-state index in [0.717, 1.165) is 46.2 Å². The number of rotatable bonds is 14. The Morgan fingerprint density at radius 1 is 0.553 bits per heavy atom. The van der Waals surface area contributed by atoms with Crippen LogP contribution in [0.2, 0.25) is 0 Å². The monoisotopic (exact) mass is 688 g/mol. The number of benzene rings is 2. The van der Waals surface area contributed by atoms with E-state index in [0.29, 0.717) is 42.6 Å². The maximum atomic E-state index is 12.2. The van der Waals surface area contributed by atoms with Crippen LogP contribution in [-0.4, -0.2) is 52.0 Å². The highest BCUT2D eigenvalue weighted by atomic mass is 32.2. The summed E-state index contributed by atoms with van der Waals surface area (Å²) in [5, 5.41) is 22.4. The lowest BCUT2D eigenvalue weighted by atomic mass is 9.78. The first-order chi connectivity index (χ1) is 21.5. The molecule has 47 heavy (non-hydrogen) atoms. The maximum absolute atomic E-state index is 12.2. The van der Waals surface area contributed by atoms with E-state index in [1.165, 1.54) is 23.5 Å². The smallest absolute Gasteiger partial charge is 0.315 e. The van der Waals surface area contributed by atoms with Crippen LogP contribution < -0.4 is 0 Å². The Hall–Kier alpha value is -2.32. The van der Waals surface area contributed by atoms with E-state index in [2.05, 4.69) is 107 Å². The molecule has 0 aliphatic heterocycles. The number of phenols is 2. The van der Waals surface area contributed by atoms with Gasteiger partial charge in [0.05, 0.1) is 24.7 Å². The lowest BCUT2D eigenvalue weighted by molar-refractivity contribution is -0.141. The molecule has 0 fully saturated rings. The summed E-state index contributed by atoms with van der Waals surface area (Å²) in [5.74, 6) is 0.713. The van der Waals surface area contributed by atoms with Crippen LogP contribution >= 0.6 is 23.5 Å². The van der Waals surface area contributed by atoms with Crippen molar-refractivity contribution >= 4 is 35.5 Å². The van der Waals surface area contributed by atoms with Gasteiger partial charge in [0.2, 0.25) is 0 Å². The first kappa shape index (κ1) is 40.9. The van der Waals surface area contributed by atoms with Gasteiger partial charge in [-0.2, -0.15) is 0 Å². The molecule has 264 valence electrons. The second-order valence-corrected chi connectivity index (χ2v) is 18.9. The zero-order valence-corrected chi connectivity index (χ0v) is 32.7. The Kier molecular flexibility index (Phi) is 14.7. The van der Waals surface area contributed by atoms with Crippen molar-refractivity contribution in [1.29, 1.82) is 0 Å². The number of carbonyl (C=O) groups excluding carboxylic acids is 2. The molecule has 0 aromatic heterocycles. The summed E-state index contributed by atoms with van der Waals surface area (Å²) >= 11 is 2.87. The third-order valence-corrected chi connectivity index (χ3v) is 10.1. The van der Waals surface area contributed by atoms with Crippen LogP contribution in [0.15, 0.2) is 24.3 Å². The van der Waals surface area contributed by atoms with Gasteiger partial charge < -0.3 is 19.7 Å². The highest BCUT2D eigenvalue weighted by molar-refractivity contribution is 8.16. The van der Waals surface area contributed by atoms with E-state index in [-0.39, 0.29) is 45.1 Å². The minimum absolute atomic E-state index is 0.180. The highest BCUT2D eigenvalue weighted by Gasteiger charge is 2.28. The molecule has 0 aliphatic rings. The number of ether oxygens (including phenoxy) is 2. The number of aromatic hydroxyl groups is 2. The van der Waals surface area contributed by atoms with Gasteiger partial charge in [0, 0.05) is 5.08 Å². The van der Waals surface area contributed by atoms with Crippen LogP contribution in [0.1, 0.15) is 129 Å². The van der Waals surface area contributed by atoms with Gasteiger partial charge in [-0.05, 0) is 80.7 Å². The third-order valence-electron chi connectivity index (χ3n) is 7.92. The van der Waals surface area contributed by atoms with Crippen molar-refractivity contribution < 1.29 is 29.3 Å². The fourth-order valence-electron chi connectivity index (χ4n) is 5.28. The fourth-order valence-corrected chi connectivity index (χ4v) is 6.92. The van der Waals surface area contributed by atoms with Crippen molar-refractivity contribution in [2.24, 2.45) is 0 Å². The van der Waals surface area contributed by atoms with E-state index in [1.54, 1.807) is 0 Å². The number of esters is 2. The van der Waals surface area contributed by atoms with Crippen LogP contribution in [0.4, 0.5) is 0 Å². The Morgan fingerprint density at radius 3 is 1.09 bits per heavy atom. The van der Waals surface area contributed by atoms with Crippen molar-refractivity contribution in [3.63, 3.8) is 0 Å². The van der Waals surface area contributed by atoms with E-state index < -0.39 is 0 Å². The lowest BCUT2D eigenvalue weighted by Crippen LogP contribution is -2.18. The minimum Gasteiger partial charge on any atom is -0.507 e. The maximum Gasteiger partial charge on any atom is 0.315 e. The molecule has 2 rings (SSSR count). The number of carbonyl (C=O) groups is 2. The summed E-state index contributed by atoms with van der Waals surface area (Å²) in [6.45, 7) is 25.9. The van der Waals surface area contributed by atoms with Gasteiger partial charge in [0.1, 0.15) is 11.5 Å². The van der Waals surface area contributed by atoms with Crippen LogP contribution in [0.3, 0.4) is 0 Å². The van der Waals surface area contributed by atoms with Gasteiger partial charge in [-0.3, -0.25) is 9.59 Å². The average Bonchev–Trinajstić information content (AvgIpc) is 2.92. The Morgan fingerprint density at radius 2 is 0.830 bits per heavy atom. The zero-order chi connectivity index (χ0) is 35.8.